The van der Waals surface area contributed by atoms with Crippen LogP contribution in [-0.4, -0.2) is 28.8 Å². The van der Waals surface area contributed by atoms with E-state index in [1.54, 1.807) is 24.0 Å². The van der Waals surface area contributed by atoms with E-state index in [-0.39, 0.29) is 17.9 Å². The lowest BCUT2D eigenvalue weighted by Crippen LogP contribution is -2.49. The van der Waals surface area contributed by atoms with Crippen molar-refractivity contribution in [3.63, 3.8) is 0 Å². The standard InChI is InChI=1S/C25H30Cl2N2O2/c1-17-7-9-19(10-8-17)12-14-24(30)29(16-20-11-13-22(26)23(27)15-20)18(2)25(31)28-21-5-3-4-6-21/h7-11,13,15,18,21H,3-6,12,14,16H2,1-2H3,(H,28,31). The maximum atomic E-state index is 13.2. The summed E-state index contributed by atoms with van der Waals surface area (Å²) >= 11 is 12.2. The first-order valence-corrected chi connectivity index (χ1v) is 11.7. The van der Waals surface area contributed by atoms with Crippen LogP contribution < -0.4 is 5.32 Å². The molecule has 31 heavy (non-hydrogen) atoms. The molecule has 0 heterocycles. The summed E-state index contributed by atoms with van der Waals surface area (Å²) in [4.78, 5) is 27.8. The number of hydrogen-bond acceptors (Lipinski definition) is 2. The summed E-state index contributed by atoms with van der Waals surface area (Å²) in [5.41, 5.74) is 3.14. The Kier molecular flexibility index (Phi) is 8.39. The Morgan fingerprint density at radius 3 is 2.32 bits per heavy atom. The maximum Gasteiger partial charge on any atom is 0.242 e. The van der Waals surface area contributed by atoms with Gasteiger partial charge >= 0.3 is 0 Å². The highest BCUT2D eigenvalue weighted by molar-refractivity contribution is 6.42. The van der Waals surface area contributed by atoms with E-state index in [0.717, 1.165) is 36.8 Å². The fourth-order valence-corrected chi connectivity index (χ4v) is 4.28. The molecule has 166 valence electrons. The van der Waals surface area contributed by atoms with Gasteiger partial charge in [0.25, 0.3) is 0 Å². The van der Waals surface area contributed by atoms with Gasteiger partial charge in [0.1, 0.15) is 6.04 Å². The molecule has 6 heteroatoms. The van der Waals surface area contributed by atoms with E-state index in [4.69, 9.17) is 23.2 Å². The Morgan fingerprint density at radius 1 is 1.03 bits per heavy atom. The van der Waals surface area contributed by atoms with Crippen LogP contribution >= 0.6 is 23.2 Å². The summed E-state index contributed by atoms with van der Waals surface area (Å²) in [6, 6.07) is 13.1. The van der Waals surface area contributed by atoms with Crippen molar-refractivity contribution in [3.05, 3.63) is 69.2 Å². The van der Waals surface area contributed by atoms with Crippen LogP contribution in [0.1, 0.15) is 55.7 Å². The molecule has 1 aliphatic rings. The highest BCUT2D eigenvalue weighted by atomic mass is 35.5. The van der Waals surface area contributed by atoms with Crippen molar-refractivity contribution in [1.29, 1.82) is 0 Å². The zero-order chi connectivity index (χ0) is 22.4. The second-order valence-electron chi connectivity index (χ2n) is 8.42. The third-order valence-corrected chi connectivity index (χ3v) is 6.69. The minimum absolute atomic E-state index is 0.0549. The zero-order valence-electron chi connectivity index (χ0n) is 18.2. The molecule has 1 aliphatic carbocycles. The first-order chi connectivity index (χ1) is 14.8. The number of rotatable bonds is 8. The van der Waals surface area contributed by atoms with E-state index in [9.17, 15) is 9.59 Å². The quantitative estimate of drug-likeness (QED) is 0.548. The lowest BCUT2D eigenvalue weighted by molar-refractivity contribution is -0.140. The van der Waals surface area contributed by atoms with Gasteiger partial charge in [-0.3, -0.25) is 9.59 Å². The van der Waals surface area contributed by atoms with Gasteiger partial charge in [-0.2, -0.15) is 0 Å². The third-order valence-electron chi connectivity index (χ3n) is 5.95. The van der Waals surface area contributed by atoms with Gasteiger partial charge in [-0.25, -0.2) is 0 Å². The number of benzene rings is 2. The monoisotopic (exact) mass is 460 g/mol. The van der Waals surface area contributed by atoms with E-state index >= 15 is 0 Å². The molecule has 1 atom stereocenters. The molecule has 0 aliphatic heterocycles. The predicted octanol–water partition coefficient (Wildman–Crippen LogP) is 5.71. The van der Waals surface area contributed by atoms with Gasteiger partial charge in [0.2, 0.25) is 11.8 Å². The molecule has 0 spiro atoms. The van der Waals surface area contributed by atoms with Gasteiger partial charge < -0.3 is 10.2 Å². The van der Waals surface area contributed by atoms with Crippen molar-refractivity contribution in [2.75, 3.05) is 0 Å². The molecule has 0 aromatic heterocycles. The first kappa shape index (κ1) is 23.6. The number of carbonyl (C=O) groups excluding carboxylic acids is 2. The highest BCUT2D eigenvalue weighted by Crippen LogP contribution is 2.24. The fourth-order valence-electron chi connectivity index (χ4n) is 3.96. The first-order valence-electron chi connectivity index (χ1n) is 10.9. The van der Waals surface area contributed by atoms with Crippen LogP contribution in [-0.2, 0) is 22.6 Å². The molecule has 0 saturated heterocycles. The van der Waals surface area contributed by atoms with Crippen molar-refractivity contribution in [3.8, 4) is 0 Å². The average molecular weight is 461 g/mol. The Balaban J connectivity index is 1.72. The number of nitrogens with zero attached hydrogens (tertiary/aromatic N) is 1. The molecule has 1 N–H and O–H groups in total. The lowest BCUT2D eigenvalue weighted by Gasteiger charge is -2.30. The van der Waals surface area contributed by atoms with Crippen LogP contribution in [0.2, 0.25) is 10.0 Å². The van der Waals surface area contributed by atoms with Crippen LogP contribution in [0.3, 0.4) is 0 Å². The van der Waals surface area contributed by atoms with Gasteiger partial charge in [0, 0.05) is 19.0 Å². The van der Waals surface area contributed by atoms with E-state index in [1.807, 2.05) is 37.3 Å². The Morgan fingerprint density at radius 2 is 1.68 bits per heavy atom. The van der Waals surface area contributed by atoms with Crippen molar-refractivity contribution in [1.82, 2.24) is 10.2 Å². The van der Waals surface area contributed by atoms with Crippen LogP contribution in [0.15, 0.2) is 42.5 Å². The van der Waals surface area contributed by atoms with Crippen molar-refractivity contribution < 1.29 is 9.59 Å². The fraction of sp³-hybridized carbons (Fsp3) is 0.440. The summed E-state index contributed by atoms with van der Waals surface area (Å²) in [5, 5.41) is 4.03. The number of carbonyl (C=O) groups is 2. The third kappa shape index (κ3) is 6.72. The molecule has 3 rings (SSSR count). The molecular weight excluding hydrogens is 431 g/mol. The average Bonchev–Trinajstić information content (AvgIpc) is 3.26. The van der Waals surface area contributed by atoms with Gasteiger partial charge in [-0.15, -0.1) is 0 Å². The van der Waals surface area contributed by atoms with Crippen molar-refractivity contribution in [2.45, 2.75) is 71.0 Å². The molecule has 0 radical (unpaired) electrons. The van der Waals surface area contributed by atoms with Crippen LogP contribution in [0, 0.1) is 6.92 Å². The summed E-state index contributed by atoms with van der Waals surface area (Å²) in [7, 11) is 0. The molecule has 1 fully saturated rings. The topological polar surface area (TPSA) is 49.4 Å². The molecule has 2 aromatic carbocycles. The van der Waals surface area contributed by atoms with Crippen molar-refractivity contribution in [2.24, 2.45) is 0 Å². The SMILES string of the molecule is Cc1ccc(CCC(=O)N(Cc2ccc(Cl)c(Cl)c2)C(C)C(=O)NC2CCCC2)cc1. The molecule has 0 bridgehead atoms. The van der Waals surface area contributed by atoms with Gasteiger partial charge in [-0.05, 0) is 56.4 Å². The minimum Gasteiger partial charge on any atom is -0.352 e. The van der Waals surface area contributed by atoms with E-state index in [2.05, 4.69) is 5.32 Å². The Hall–Kier alpha value is -2.04. The van der Waals surface area contributed by atoms with E-state index in [1.165, 1.54) is 5.56 Å². The lowest BCUT2D eigenvalue weighted by atomic mass is 10.1. The molecule has 4 nitrogen and oxygen atoms in total. The van der Waals surface area contributed by atoms with Crippen LogP contribution in [0.25, 0.3) is 0 Å². The van der Waals surface area contributed by atoms with E-state index in [0.29, 0.717) is 29.4 Å². The van der Waals surface area contributed by atoms with Gasteiger partial charge in [0.05, 0.1) is 10.0 Å². The maximum absolute atomic E-state index is 13.2. The van der Waals surface area contributed by atoms with Crippen molar-refractivity contribution >= 4 is 35.0 Å². The molecule has 2 aromatic rings. The number of amides is 2. The van der Waals surface area contributed by atoms with Crippen LogP contribution in [0.4, 0.5) is 0 Å². The number of hydrogen-bond donors (Lipinski definition) is 1. The largest absolute Gasteiger partial charge is 0.352 e. The summed E-state index contributed by atoms with van der Waals surface area (Å²) in [6.07, 6.45) is 5.27. The van der Waals surface area contributed by atoms with Gasteiger partial charge in [0.15, 0.2) is 0 Å². The number of aryl methyl sites for hydroxylation is 2. The highest BCUT2D eigenvalue weighted by Gasteiger charge is 2.28. The molecule has 1 saturated carbocycles. The summed E-state index contributed by atoms with van der Waals surface area (Å²) in [5.74, 6) is -0.156. The Bertz CT molecular complexity index is 908. The second-order valence-corrected chi connectivity index (χ2v) is 9.24. The normalized spacial score (nSPS) is 15.0. The Labute approximate surface area is 194 Å². The van der Waals surface area contributed by atoms with Gasteiger partial charge in [-0.1, -0.05) is 71.9 Å². The van der Waals surface area contributed by atoms with Crippen LogP contribution in [0.5, 0.6) is 0 Å². The summed E-state index contributed by atoms with van der Waals surface area (Å²) < 4.78 is 0. The smallest absolute Gasteiger partial charge is 0.242 e. The molecule has 2 amide bonds. The molecular formula is C25H30Cl2N2O2. The van der Waals surface area contributed by atoms with E-state index < -0.39 is 6.04 Å². The number of halogens is 2. The molecule has 1 unspecified atom stereocenters. The second kappa shape index (κ2) is 11.0. The summed E-state index contributed by atoms with van der Waals surface area (Å²) in [6.45, 7) is 4.15. The minimum atomic E-state index is -0.569. The number of nitrogens with one attached hydrogen (secondary N) is 1. The predicted molar refractivity (Wildman–Crippen MR) is 126 cm³/mol. The zero-order valence-corrected chi connectivity index (χ0v) is 19.7.